The number of methoxy groups -OCH3 is 1. The third-order valence-electron chi connectivity index (χ3n) is 7.10. The zero-order valence-corrected chi connectivity index (χ0v) is 24.0. The lowest BCUT2D eigenvalue weighted by molar-refractivity contribution is 0.0600. The quantitative estimate of drug-likeness (QED) is 0.160. The van der Waals surface area contributed by atoms with Crippen LogP contribution < -0.4 is 16.4 Å². The highest BCUT2D eigenvalue weighted by Gasteiger charge is 2.19. The second-order valence-corrected chi connectivity index (χ2v) is 9.83. The summed E-state index contributed by atoms with van der Waals surface area (Å²) in [5.41, 5.74) is 10.3. The van der Waals surface area contributed by atoms with Gasteiger partial charge in [0.15, 0.2) is 0 Å². The van der Waals surface area contributed by atoms with E-state index in [4.69, 9.17) is 10.5 Å². The van der Waals surface area contributed by atoms with E-state index < -0.39 is 11.9 Å². The van der Waals surface area contributed by atoms with Crippen molar-refractivity contribution in [3.05, 3.63) is 65.0 Å². The van der Waals surface area contributed by atoms with Gasteiger partial charge in [0.2, 0.25) is 17.8 Å². The number of primary amides is 1. The Morgan fingerprint density at radius 3 is 2.10 bits per heavy atom. The number of ether oxygens (including phenoxy) is 1. The highest BCUT2D eigenvalue weighted by Crippen LogP contribution is 2.25. The van der Waals surface area contributed by atoms with E-state index in [2.05, 4.69) is 30.3 Å². The van der Waals surface area contributed by atoms with Gasteiger partial charge in [-0.3, -0.25) is 19.6 Å². The van der Waals surface area contributed by atoms with Gasteiger partial charge in [0.05, 0.1) is 40.4 Å². The summed E-state index contributed by atoms with van der Waals surface area (Å²) in [6.45, 7) is 5.54. The van der Waals surface area contributed by atoms with Gasteiger partial charge in [-0.2, -0.15) is 5.10 Å². The van der Waals surface area contributed by atoms with Crippen LogP contribution in [0.3, 0.4) is 0 Å². The Labute approximate surface area is 241 Å². The van der Waals surface area contributed by atoms with Crippen LogP contribution in [-0.2, 0) is 24.4 Å². The van der Waals surface area contributed by atoms with E-state index in [1.807, 2.05) is 30.5 Å². The van der Waals surface area contributed by atoms with Gasteiger partial charge in [-0.25, -0.2) is 14.8 Å². The minimum Gasteiger partial charge on any atom is -0.465 e. The molecule has 3 aromatic heterocycles. The number of rotatable bonds is 11. The number of anilines is 2. The standard InChI is InChI=1S/C29H33N9O4/c1-5-38-24(14-17(2)35-38)26(40)34-29-33-21-16-19(27(41)42-4)9-11-23(21)37(29)13-7-6-12-36-22-10-8-18(25(30)39)15-20(22)32-28(36)31-3/h8-11,14-16H,5-7,12-13H2,1-4H3,(H2,30,39)(H,31,32)(H,33,34,40). The van der Waals surface area contributed by atoms with E-state index >= 15 is 0 Å². The molecule has 13 heteroatoms. The minimum atomic E-state index is -0.499. The summed E-state index contributed by atoms with van der Waals surface area (Å²) in [4.78, 5) is 46.3. The molecule has 0 aliphatic heterocycles. The molecule has 218 valence electrons. The first-order valence-electron chi connectivity index (χ1n) is 13.7. The van der Waals surface area contributed by atoms with Gasteiger partial charge in [0.25, 0.3) is 5.91 Å². The van der Waals surface area contributed by atoms with E-state index in [9.17, 15) is 14.4 Å². The zero-order chi connectivity index (χ0) is 30.0. The number of amides is 2. The molecule has 0 unspecified atom stereocenters. The smallest absolute Gasteiger partial charge is 0.337 e. The van der Waals surface area contributed by atoms with Gasteiger partial charge >= 0.3 is 5.97 Å². The number of hydrogen-bond acceptors (Lipinski definition) is 8. The number of nitrogens with zero attached hydrogens (tertiary/aromatic N) is 6. The highest BCUT2D eigenvalue weighted by molar-refractivity contribution is 6.03. The molecule has 2 aromatic carbocycles. The molecule has 3 heterocycles. The molecule has 4 N–H and O–H groups in total. The Kier molecular flexibility index (Phi) is 7.91. The van der Waals surface area contributed by atoms with Crippen molar-refractivity contribution >= 4 is 51.7 Å². The van der Waals surface area contributed by atoms with E-state index in [1.54, 1.807) is 42.1 Å². The number of carbonyl (C=O) groups is 3. The van der Waals surface area contributed by atoms with Gasteiger partial charge in [0.1, 0.15) is 5.69 Å². The van der Waals surface area contributed by atoms with E-state index in [0.717, 1.165) is 29.6 Å². The van der Waals surface area contributed by atoms with Crippen molar-refractivity contribution in [1.82, 2.24) is 28.9 Å². The van der Waals surface area contributed by atoms with E-state index in [1.165, 1.54) is 7.11 Å². The fraction of sp³-hybridized carbons (Fsp3) is 0.310. The van der Waals surface area contributed by atoms with E-state index in [-0.39, 0.29) is 5.91 Å². The van der Waals surface area contributed by atoms with Crippen LogP contribution in [0.5, 0.6) is 0 Å². The average molecular weight is 572 g/mol. The molecule has 0 spiro atoms. The molecular formula is C29H33N9O4. The molecule has 0 bridgehead atoms. The largest absolute Gasteiger partial charge is 0.465 e. The third kappa shape index (κ3) is 5.40. The van der Waals surface area contributed by atoms with Crippen LogP contribution in [0.15, 0.2) is 42.5 Å². The number of fused-ring (bicyclic) bond motifs is 2. The Bertz CT molecular complexity index is 1810. The number of benzene rings is 2. The molecule has 0 aliphatic rings. The van der Waals surface area contributed by atoms with Crippen LogP contribution in [0, 0.1) is 6.92 Å². The molecule has 0 saturated carbocycles. The third-order valence-corrected chi connectivity index (χ3v) is 7.10. The monoisotopic (exact) mass is 571 g/mol. The second-order valence-electron chi connectivity index (χ2n) is 9.83. The van der Waals surface area contributed by atoms with Crippen LogP contribution in [-0.4, -0.2) is 60.8 Å². The minimum absolute atomic E-state index is 0.318. The Morgan fingerprint density at radius 2 is 1.50 bits per heavy atom. The van der Waals surface area contributed by atoms with Crippen molar-refractivity contribution in [2.45, 2.75) is 46.3 Å². The van der Waals surface area contributed by atoms with E-state index in [0.29, 0.717) is 59.4 Å². The molecule has 5 rings (SSSR count). The molecule has 0 fully saturated rings. The molecule has 13 nitrogen and oxygen atoms in total. The normalized spacial score (nSPS) is 11.2. The van der Waals surface area contributed by atoms with Gasteiger partial charge < -0.3 is 24.9 Å². The van der Waals surface area contributed by atoms with Crippen molar-refractivity contribution < 1.29 is 19.1 Å². The number of esters is 1. The van der Waals surface area contributed by atoms with Gasteiger partial charge in [-0.15, -0.1) is 0 Å². The molecule has 5 aromatic rings. The molecule has 0 aliphatic carbocycles. The lowest BCUT2D eigenvalue weighted by Crippen LogP contribution is -2.20. The van der Waals surface area contributed by atoms with Gasteiger partial charge in [-0.1, -0.05) is 0 Å². The highest BCUT2D eigenvalue weighted by atomic mass is 16.5. The first kappa shape index (κ1) is 28.3. The number of aryl methyl sites for hydroxylation is 4. The molecule has 2 amide bonds. The zero-order valence-electron chi connectivity index (χ0n) is 24.0. The van der Waals surface area contributed by atoms with Crippen molar-refractivity contribution in [1.29, 1.82) is 0 Å². The number of unbranched alkanes of at least 4 members (excludes halogenated alkanes) is 1. The first-order valence-corrected chi connectivity index (χ1v) is 13.7. The first-order chi connectivity index (χ1) is 20.2. The fourth-order valence-corrected chi connectivity index (χ4v) is 5.07. The summed E-state index contributed by atoms with van der Waals surface area (Å²) in [5.74, 6) is -0.218. The van der Waals surface area contributed by atoms with Crippen molar-refractivity contribution in [3.8, 4) is 0 Å². The molecule has 42 heavy (non-hydrogen) atoms. The number of nitrogens with two attached hydrogens (primary N) is 1. The maximum atomic E-state index is 13.3. The predicted molar refractivity (Wildman–Crippen MR) is 159 cm³/mol. The summed E-state index contributed by atoms with van der Waals surface area (Å²) < 4.78 is 10.5. The summed E-state index contributed by atoms with van der Waals surface area (Å²) >= 11 is 0. The lowest BCUT2D eigenvalue weighted by Gasteiger charge is -2.12. The summed E-state index contributed by atoms with van der Waals surface area (Å²) in [5, 5.41) is 10.4. The van der Waals surface area contributed by atoms with Crippen molar-refractivity contribution in [2.75, 3.05) is 24.8 Å². The number of carbonyl (C=O) groups excluding carboxylic acids is 3. The summed E-state index contributed by atoms with van der Waals surface area (Å²) in [6.07, 6.45) is 1.54. The molecular weight excluding hydrogens is 538 g/mol. The van der Waals surface area contributed by atoms with Crippen LogP contribution in [0.4, 0.5) is 11.9 Å². The SMILES string of the molecule is CCn1nc(C)cc1C(=O)Nc1nc2cc(C(=O)OC)ccc2n1CCCCn1c(NC)nc2cc(C(N)=O)ccc21. The summed E-state index contributed by atoms with van der Waals surface area (Å²) in [7, 11) is 3.13. The number of nitrogens with one attached hydrogen (secondary N) is 2. The molecule has 0 saturated heterocycles. The summed E-state index contributed by atoms with van der Waals surface area (Å²) in [6, 6.07) is 12.1. The second kappa shape index (κ2) is 11.7. The van der Waals surface area contributed by atoms with Gasteiger partial charge in [-0.05, 0) is 69.2 Å². The van der Waals surface area contributed by atoms with Crippen LogP contribution in [0.1, 0.15) is 56.7 Å². The molecule has 0 radical (unpaired) electrons. The predicted octanol–water partition coefficient (Wildman–Crippen LogP) is 3.57. The van der Waals surface area contributed by atoms with Crippen molar-refractivity contribution in [3.63, 3.8) is 0 Å². The number of aromatic nitrogens is 6. The molecule has 0 atom stereocenters. The van der Waals surface area contributed by atoms with Crippen LogP contribution >= 0.6 is 0 Å². The fourth-order valence-electron chi connectivity index (χ4n) is 5.07. The Hall–Kier alpha value is -5.20. The number of hydrogen-bond donors (Lipinski definition) is 3. The number of imidazole rings is 2. The maximum absolute atomic E-state index is 13.3. The Morgan fingerprint density at radius 1 is 0.905 bits per heavy atom. The maximum Gasteiger partial charge on any atom is 0.337 e. The Balaban J connectivity index is 1.39. The van der Waals surface area contributed by atoms with Crippen molar-refractivity contribution in [2.24, 2.45) is 5.73 Å². The van der Waals surface area contributed by atoms with Crippen LogP contribution in [0.25, 0.3) is 22.1 Å². The topological polar surface area (TPSA) is 164 Å². The van der Waals surface area contributed by atoms with Gasteiger partial charge in [0, 0.05) is 32.2 Å². The average Bonchev–Trinajstić information content (AvgIpc) is 3.66. The van der Waals surface area contributed by atoms with Crippen LogP contribution in [0.2, 0.25) is 0 Å². The lowest BCUT2D eigenvalue weighted by atomic mass is 10.2.